The van der Waals surface area contributed by atoms with Gasteiger partial charge in [0.2, 0.25) is 0 Å². The van der Waals surface area contributed by atoms with E-state index >= 15 is 0 Å². The van der Waals surface area contributed by atoms with E-state index in [0.717, 1.165) is 12.8 Å². The number of carbonyl (C=O) groups excluding carboxylic acids is 1. The van der Waals surface area contributed by atoms with Gasteiger partial charge in [0.1, 0.15) is 5.56 Å². The number of nitrogens with one attached hydrogen (secondary N) is 2. The molecule has 6 heteroatoms. The first-order chi connectivity index (χ1) is 9.81. The van der Waals surface area contributed by atoms with Crippen LogP contribution in [0.2, 0.25) is 0 Å². The summed E-state index contributed by atoms with van der Waals surface area (Å²) in [4.78, 5) is 22.7. The third kappa shape index (κ3) is 5.33. The molecule has 0 aromatic heterocycles. The standard InChI is InChI=1S/C15H22N2O4/c1-9(2)7-8-10(3)16-15(21)17-12-6-4-5-11(13(12)18)14(19)20/h4-6,9-10,18H,7-8H2,1-3H3,(H,19,20)(H2,16,17,21). The highest BCUT2D eigenvalue weighted by Gasteiger charge is 2.15. The van der Waals surface area contributed by atoms with E-state index in [1.54, 1.807) is 0 Å². The maximum absolute atomic E-state index is 11.8. The summed E-state index contributed by atoms with van der Waals surface area (Å²) in [5, 5.41) is 23.9. The van der Waals surface area contributed by atoms with E-state index in [1.807, 2.05) is 6.92 Å². The van der Waals surface area contributed by atoms with Gasteiger partial charge in [-0.1, -0.05) is 19.9 Å². The molecule has 0 spiro atoms. The average Bonchev–Trinajstić information content (AvgIpc) is 2.38. The summed E-state index contributed by atoms with van der Waals surface area (Å²) in [6.07, 6.45) is 1.85. The van der Waals surface area contributed by atoms with Crippen molar-refractivity contribution in [2.75, 3.05) is 5.32 Å². The lowest BCUT2D eigenvalue weighted by atomic mass is 10.0. The number of aromatic carboxylic acids is 1. The Labute approximate surface area is 124 Å². The molecule has 1 rings (SSSR count). The van der Waals surface area contributed by atoms with Crippen LogP contribution in [0, 0.1) is 5.92 Å². The molecular weight excluding hydrogens is 272 g/mol. The van der Waals surface area contributed by atoms with Gasteiger partial charge in [-0.15, -0.1) is 0 Å². The number of carboxylic acid groups (broad SMARTS) is 1. The van der Waals surface area contributed by atoms with E-state index in [1.165, 1.54) is 18.2 Å². The van der Waals surface area contributed by atoms with Crippen molar-refractivity contribution in [2.24, 2.45) is 5.92 Å². The first-order valence-corrected chi connectivity index (χ1v) is 6.94. The van der Waals surface area contributed by atoms with E-state index in [4.69, 9.17) is 5.11 Å². The first-order valence-electron chi connectivity index (χ1n) is 6.94. The molecule has 116 valence electrons. The number of benzene rings is 1. The molecule has 0 saturated carbocycles. The first kappa shape index (κ1) is 16.8. The molecule has 0 aliphatic rings. The molecule has 1 aromatic carbocycles. The molecule has 0 aliphatic carbocycles. The lowest BCUT2D eigenvalue weighted by molar-refractivity contribution is 0.0693. The second kappa shape index (κ2) is 7.52. The number of amides is 2. The van der Waals surface area contributed by atoms with Crippen molar-refractivity contribution in [1.29, 1.82) is 0 Å². The van der Waals surface area contributed by atoms with Gasteiger partial charge in [0.15, 0.2) is 5.75 Å². The largest absolute Gasteiger partial charge is 0.505 e. The quantitative estimate of drug-likeness (QED) is 0.606. The second-order valence-electron chi connectivity index (χ2n) is 5.48. The molecule has 0 fully saturated rings. The van der Waals surface area contributed by atoms with Crippen LogP contribution in [0.5, 0.6) is 5.75 Å². The number of urea groups is 1. The zero-order chi connectivity index (χ0) is 16.0. The Hall–Kier alpha value is -2.24. The van der Waals surface area contributed by atoms with Gasteiger partial charge >= 0.3 is 12.0 Å². The number of hydrogen-bond acceptors (Lipinski definition) is 3. The Balaban J connectivity index is 2.63. The van der Waals surface area contributed by atoms with Crippen LogP contribution >= 0.6 is 0 Å². The van der Waals surface area contributed by atoms with Crippen LogP contribution in [0.25, 0.3) is 0 Å². The number of hydrogen-bond donors (Lipinski definition) is 4. The third-order valence-corrected chi connectivity index (χ3v) is 3.07. The summed E-state index contributed by atoms with van der Waals surface area (Å²) >= 11 is 0. The normalized spacial score (nSPS) is 12.0. The number of aromatic hydroxyl groups is 1. The highest BCUT2D eigenvalue weighted by molar-refractivity contribution is 5.97. The SMILES string of the molecule is CC(C)CCC(C)NC(=O)Nc1cccc(C(=O)O)c1O. The van der Waals surface area contributed by atoms with Crippen molar-refractivity contribution in [3.05, 3.63) is 23.8 Å². The van der Waals surface area contributed by atoms with Crippen LogP contribution in [-0.4, -0.2) is 28.3 Å². The summed E-state index contributed by atoms with van der Waals surface area (Å²) in [7, 11) is 0. The van der Waals surface area contributed by atoms with Crippen molar-refractivity contribution >= 4 is 17.7 Å². The number of rotatable bonds is 6. The van der Waals surface area contributed by atoms with Crippen molar-refractivity contribution in [3.8, 4) is 5.75 Å². The van der Waals surface area contributed by atoms with Crippen molar-refractivity contribution in [1.82, 2.24) is 5.32 Å². The van der Waals surface area contributed by atoms with Crippen LogP contribution in [0.4, 0.5) is 10.5 Å². The van der Waals surface area contributed by atoms with E-state index in [2.05, 4.69) is 24.5 Å². The molecule has 6 nitrogen and oxygen atoms in total. The van der Waals surface area contributed by atoms with Crippen LogP contribution in [0.15, 0.2) is 18.2 Å². The summed E-state index contributed by atoms with van der Waals surface area (Å²) in [5.74, 6) is -1.13. The monoisotopic (exact) mass is 294 g/mol. The van der Waals surface area contributed by atoms with Crippen LogP contribution in [0.1, 0.15) is 44.0 Å². The molecule has 4 N–H and O–H groups in total. The zero-order valence-electron chi connectivity index (χ0n) is 12.5. The van der Waals surface area contributed by atoms with Gasteiger partial charge in [-0.25, -0.2) is 9.59 Å². The fourth-order valence-electron chi connectivity index (χ4n) is 1.85. The van der Waals surface area contributed by atoms with Crippen LogP contribution in [-0.2, 0) is 0 Å². The summed E-state index contributed by atoms with van der Waals surface area (Å²) < 4.78 is 0. The van der Waals surface area contributed by atoms with E-state index in [0.29, 0.717) is 5.92 Å². The van der Waals surface area contributed by atoms with Crippen LogP contribution in [0.3, 0.4) is 0 Å². The number of anilines is 1. The Morgan fingerprint density at radius 1 is 1.19 bits per heavy atom. The Morgan fingerprint density at radius 2 is 1.86 bits per heavy atom. The van der Waals surface area contributed by atoms with Gasteiger partial charge in [-0.2, -0.15) is 0 Å². The van der Waals surface area contributed by atoms with Gasteiger partial charge in [-0.3, -0.25) is 0 Å². The molecule has 1 atom stereocenters. The van der Waals surface area contributed by atoms with Crippen molar-refractivity contribution in [2.45, 2.75) is 39.7 Å². The van der Waals surface area contributed by atoms with E-state index in [9.17, 15) is 14.7 Å². The van der Waals surface area contributed by atoms with E-state index < -0.39 is 17.7 Å². The predicted molar refractivity (Wildman–Crippen MR) is 80.8 cm³/mol. The fourth-order valence-corrected chi connectivity index (χ4v) is 1.85. The number of para-hydroxylation sites is 1. The lowest BCUT2D eigenvalue weighted by Crippen LogP contribution is -2.36. The fraction of sp³-hybridized carbons (Fsp3) is 0.467. The average molecular weight is 294 g/mol. The predicted octanol–water partition coefficient (Wildman–Crippen LogP) is 3.04. The van der Waals surface area contributed by atoms with Gasteiger partial charge in [0.05, 0.1) is 5.69 Å². The van der Waals surface area contributed by atoms with Crippen molar-refractivity contribution in [3.63, 3.8) is 0 Å². The molecule has 0 radical (unpaired) electrons. The minimum atomic E-state index is -1.25. The molecule has 0 aliphatic heterocycles. The number of phenols is 1. The minimum absolute atomic E-state index is 0.00259. The molecule has 2 amide bonds. The number of carboxylic acids is 1. The highest BCUT2D eigenvalue weighted by atomic mass is 16.4. The summed E-state index contributed by atoms with van der Waals surface area (Å²) in [5.41, 5.74) is -0.177. The Bertz CT molecular complexity index is 514. The minimum Gasteiger partial charge on any atom is -0.505 e. The summed E-state index contributed by atoms with van der Waals surface area (Å²) in [6, 6.07) is 3.70. The topological polar surface area (TPSA) is 98.7 Å². The molecular formula is C15H22N2O4. The summed E-state index contributed by atoms with van der Waals surface area (Å²) in [6.45, 7) is 6.12. The second-order valence-corrected chi connectivity index (χ2v) is 5.48. The molecule has 0 bridgehead atoms. The molecule has 1 unspecified atom stereocenters. The van der Waals surface area contributed by atoms with Gasteiger partial charge < -0.3 is 20.8 Å². The van der Waals surface area contributed by atoms with Crippen LogP contribution < -0.4 is 10.6 Å². The highest BCUT2D eigenvalue weighted by Crippen LogP contribution is 2.27. The smallest absolute Gasteiger partial charge is 0.339 e. The van der Waals surface area contributed by atoms with Gasteiger partial charge in [0.25, 0.3) is 0 Å². The Morgan fingerprint density at radius 3 is 2.43 bits per heavy atom. The maximum atomic E-state index is 11.8. The van der Waals surface area contributed by atoms with Crippen molar-refractivity contribution < 1.29 is 19.8 Å². The number of carbonyl (C=O) groups is 2. The molecule has 21 heavy (non-hydrogen) atoms. The van der Waals surface area contributed by atoms with Gasteiger partial charge in [-0.05, 0) is 37.8 Å². The molecule has 0 heterocycles. The molecule has 0 saturated heterocycles. The van der Waals surface area contributed by atoms with Gasteiger partial charge in [0, 0.05) is 6.04 Å². The zero-order valence-corrected chi connectivity index (χ0v) is 12.5. The lowest BCUT2D eigenvalue weighted by Gasteiger charge is -2.16. The molecule has 1 aromatic rings. The third-order valence-electron chi connectivity index (χ3n) is 3.07. The van der Waals surface area contributed by atoms with E-state index in [-0.39, 0.29) is 17.3 Å². The Kier molecular flexibility index (Phi) is 6.02. The maximum Gasteiger partial charge on any atom is 0.339 e.